The summed E-state index contributed by atoms with van der Waals surface area (Å²) < 4.78 is 0. The summed E-state index contributed by atoms with van der Waals surface area (Å²) >= 11 is 0. The number of allylic oxidation sites excluding steroid dienone is 1. The zero-order valence-electron chi connectivity index (χ0n) is 10.2. The van der Waals surface area contributed by atoms with E-state index >= 15 is 0 Å². The summed E-state index contributed by atoms with van der Waals surface area (Å²) in [5, 5.41) is 2.69. The second-order valence-electron chi connectivity index (χ2n) is 3.77. The van der Waals surface area contributed by atoms with Gasteiger partial charge in [-0.05, 0) is 37.3 Å². The number of nitrogens with zero attached hydrogens (tertiary/aromatic N) is 1. The smallest absolute Gasteiger partial charge is 0.253 e. The van der Waals surface area contributed by atoms with Crippen LogP contribution in [0.25, 0.3) is 0 Å². The van der Waals surface area contributed by atoms with Crippen molar-refractivity contribution >= 4 is 17.5 Å². The Labute approximate surface area is 101 Å². The Morgan fingerprint density at radius 2 is 1.76 bits per heavy atom. The molecule has 4 heteroatoms. The molecule has 0 radical (unpaired) electrons. The molecule has 0 atom stereocenters. The lowest BCUT2D eigenvalue weighted by atomic mass is 10.2. The molecule has 17 heavy (non-hydrogen) atoms. The van der Waals surface area contributed by atoms with E-state index in [0.717, 1.165) is 0 Å². The molecule has 0 aromatic heterocycles. The van der Waals surface area contributed by atoms with Crippen molar-refractivity contribution < 1.29 is 9.59 Å². The van der Waals surface area contributed by atoms with Crippen LogP contribution in [0, 0.1) is 0 Å². The van der Waals surface area contributed by atoms with Gasteiger partial charge in [-0.1, -0.05) is 6.08 Å². The molecule has 2 amide bonds. The van der Waals surface area contributed by atoms with E-state index in [9.17, 15) is 9.59 Å². The molecule has 0 aliphatic carbocycles. The number of hydrogen-bond donors (Lipinski definition) is 1. The molecular weight excluding hydrogens is 216 g/mol. The number of anilines is 1. The predicted octanol–water partition coefficient (Wildman–Crippen LogP) is 1.90. The molecule has 1 rings (SSSR count). The molecular formula is C13H16N2O2. The molecule has 1 N–H and O–H groups in total. The number of nitrogens with one attached hydrogen (secondary N) is 1. The van der Waals surface area contributed by atoms with Gasteiger partial charge in [0.15, 0.2) is 0 Å². The molecule has 1 aromatic carbocycles. The fraction of sp³-hybridized carbons (Fsp3) is 0.231. The maximum atomic E-state index is 11.6. The van der Waals surface area contributed by atoms with Gasteiger partial charge < -0.3 is 10.2 Å². The lowest BCUT2D eigenvalue weighted by Gasteiger charge is -2.10. The third-order valence-corrected chi connectivity index (χ3v) is 2.12. The summed E-state index contributed by atoms with van der Waals surface area (Å²) in [6.45, 7) is 1.78. The van der Waals surface area contributed by atoms with Gasteiger partial charge in [-0.25, -0.2) is 0 Å². The zero-order chi connectivity index (χ0) is 12.8. The van der Waals surface area contributed by atoms with Gasteiger partial charge >= 0.3 is 0 Å². The van der Waals surface area contributed by atoms with Gasteiger partial charge in [-0.2, -0.15) is 0 Å². The quantitative estimate of drug-likeness (QED) is 0.809. The van der Waals surface area contributed by atoms with E-state index in [0.29, 0.717) is 11.3 Å². The molecule has 0 spiro atoms. The van der Waals surface area contributed by atoms with Gasteiger partial charge in [0.2, 0.25) is 5.91 Å². The zero-order valence-corrected chi connectivity index (χ0v) is 10.2. The van der Waals surface area contributed by atoms with Crippen LogP contribution in [-0.2, 0) is 4.79 Å². The van der Waals surface area contributed by atoms with Crippen molar-refractivity contribution in [2.24, 2.45) is 0 Å². The molecule has 90 valence electrons. The van der Waals surface area contributed by atoms with Crippen molar-refractivity contribution in [2.45, 2.75) is 6.92 Å². The van der Waals surface area contributed by atoms with Gasteiger partial charge in [-0.3, -0.25) is 9.59 Å². The molecule has 0 saturated carbocycles. The van der Waals surface area contributed by atoms with E-state index < -0.39 is 0 Å². The minimum absolute atomic E-state index is 0.0590. The third kappa shape index (κ3) is 3.75. The van der Waals surface area contributed by atoms with Crippen LogP contribution in [0.2, 0.25) is 0 Å². The van der Waals surface area contributed by atoms with Crippen molar-refractivity contribution in [3.63, 3.8) is 0 Å². The second kappa shape index (κ2) is 5.84. The lowest BCUT2D eigenvalue weighted by molar-refractivity contribution is -0.111. The first-order chi connectivity index (χ1) is 8.04. The highest BCUT2D eigenvalue weighted by Crippen LogP contribution is 2.10. The van der Waals surface area contributed by atoms with E-state index in [2.05, 4.69) is 5.32 Å². The van der Waals surface area contributed by atoms with Crippen molar-refractivity contribution in [2.75, 3.05) is 19.4 Å². The van der Waals surface area contributed by atoms with Crippen LogP contribution in [0.4, 0.5) is 5.69 Å². The monoisotopic (exact) mass is 232 g/mol. The molecule has 0 heterocycles. The Hall–Kier alpha value is -2.10. The van der Waals surface area contributed by atoms with Gasteiger partial charge in [0.25, 0.3) is 5.91 Å². The van der Waals surface area contributed by atoms with E-state index in [1.165, 1.54) is 11.0 Å². The summed E-state index contributed by atoms with van der Waals surface area (Å²) in [5.74, 6) is -0.240. The third-order valence-electron chi connectivity index (χ3n) is 2.12. The molecule has 0 aliphatic heterocycles. The van der Waals surface area contributed by atoms with Crippen LogP contribution < -0.4 is 5.32 Å². The Kier molecular flexibility index (Phi) is 4.46. The minimum Gasteiger partial charge on any atom is -0.345 e. The Morgan fingerprint density at radius 3 is 2.24 bits per heavy atom. The number of carbonyl (C=O) groups excluding carboxylic acids is 2. The maximum Gasteiger partial charge on any atom is 0.253 e. The van der Waals surface area contributed by atoms with Crippen LogP contribution in [0.15, 0.2) is 36.4 Å². The van der Waals surface area contributed by atoms with Gasteiger partial charge in [-0.15, -0.1) is 0 Å². The van der Waals surface area contributed by atoms with Crippen molar-refractivity contribution in [3.05, 3.63) is 42.0 Å². The summed E-state index contributed by atoms with van der Waals surface area (Å²) in [5.41, 5.74) is 1.27. The average Bonchev–Trinajstić information content (AvgIpc) is 2.29. The average molecular weight is 232 g/mol. The van der Waals surface area contributed by atoms with Gasteiger partial charge in [0.05, 0.1) is 0 Å². The lowest BCUT2D eigenvalue weighted by Crippen LogP contribution is -2.21. The van der Waals surface area contributed by atoms with E-state index in [1.807, 2.05) is 0 Å². The van der Waals surface area contributed by atoms with Crippen LogP contribution in [0.5, 0.6) is 0 Å². The molecule has 0 saturated heterocycles. The first-order valence-corrected chi connectivity index (χ1v) is 5.30. The number of amides is 2. The van der Waals surface area contributed by atoms with Crippen molar-refractivity contribution in [1.29, 1.82) is 0 Å². The normalized spacial score (nSPS) is 10.3. The highest BCUT2D eigenvalue weighted by molar-refractivity contribution is 6.00. The van der Waals surface area contributed by atoms with E-state index in [1.54, 1.807) is 51.4 Å². The van der Waals surface area contributed by atoms with E-state index in [-0.39, 0.29) is 11.8 Å². The molecule has 0 bridgehead atoms. The molecule has 0 aliphatic rings. The van der Waals surface area contributed by atoms with E-state index in [4.69, 9.17) is 0 Å². The Bertz CT molecular complexity index is 433. The van der Waals surface area contributed by atoms with Crippen molar-refractivity contribution in [1.82, 2.24) is 4.90 Å². The van der Waals surface area contributed by atoms with Crippen LogP contribution in [0.1, 0.15) is 17.3 Å². The molecule has 0 unspecified atom stereocenters. The number of rotatable bonds is 3. The first kappa shape index (κ1) is 13.0. The summed E-state index contributed by atoms with van der Waals surface area (Å²) in [6, 6.07) is 6.79. The Morgan fingerprint density at radius 1 is 1.18 bits per heavy atom. The summed E-state index contributed by atoms with van der Waals surface area (Å²) in [6.07, 6.45) is 3.11. The topological polar surface area (TPSA) is 49.4 Å². The van der Waals surface area contributed by atoms with Crippen LogP contribution in [-0.4, -0.2) is 30.8 Å². The standard InChI is InChI=1S/C13H16N2O2/c1-4-5-12(16)14-11-8-6-10(7-9-11)13(17)15(2)3/h4-9H,1-3H3,(H,14,16)/b5-4+. The summed E-state index contributed by atoms with van der Waals surface area (Å²) in [4.78, 5) is 24.4. The van der Waals surface area contributed by atoms with Gasteiger partial charge in [0.1, 0.15) is 0 Å². The highest BCUT2D eigenvalue weighted by atomic mass is 16.2. The molecule has 1 aromatic rings. The molecule has 4 nitrogen and oxygen atoms in total. The fourth-order valence-corrected chi connectivity index (χ4v) is 1.29. The van der Waals surface area contributed by atoms with Gasteiger partial charge in [0, 0.05) is 25.3 Å². The number of carbonyl (C=O) groups is 2. The predicted molar refractivity (Wildman–Crippen MR) is 67.9 cm³/mol. The molecule has 0 fully saturated rings. The van der Waals surface area contributed by atoms with Crippen molar-refractivity contribution in [3.8, 4) is 0 Å². The first-order valence-electron chi connectivity index (χ1n) is 5.30. The largest absolute Gasteiger partial charge is 0.345 e. The SMILES string of the molecule is C/C=C/C(=O)Nc1ccc(C(=O)N(C)C)cc1. The number of hydrogen-bond acceptors (Lipinski definition) is 2. The fourth-order valence-electron chi connectivity index (χ4n) is 1.29. The highest BCUT2D eigenvalue weighted by Gasteiger charge is 2.07. The van der Waals surface area contributed by atoms with Crippen LogP contribution in [0.3, 0.4) is 0 Å². The maximum absolute atomic E-state index is 11.6. The Balaban J connectivity index is 2.75. The summed E-state index contributed by atoms with van der Waals surface area (Å²) in [7, 11) is 3.40. The number of benzene rings is 1. The second-order valence-corrected chi connectivity index (χ2v) is 3.77. The van der Waals surface area contributed by atoms with Crippen LogP contribution >= 0.6 is 0 Å². The minimum atomic E-state index is -0.181.